The molecule has 14 heteroatoms. The summed E-state index contributed by atoms with van der Waals surface area (Å²) in [7, 11) is -12.6. The molecule has 0 saturated carbocycles. The van der Waals surface area contributed by atoms with Crippen molar-refractivity contribution in [1.29, 1.82) is 0 Å². The zero-order chi connectivity index (χ0) is 23.0. The molecule has 0 amide bonds. The molecule has 0 atom stereocenters. The van der Waals surface area contributed by atoms with E-state index in [2.05, 4.69) is 0 Å². The average Bonchev–Trinajstić information content (AvgIpc) is 2.59. The molecule has 0 radical (unpaired) electrons. The molecule has 0 aliphatic heterocycles. The van der Waals surface area contributed by atoms with Gasteiger partial charge in [0.15, 0.2) is 0 Å². The molecule has 0 heterocycles. The molecule has 0 spiro atoms. The van der Waals surface area contributed by atoms with Crippen LogP contribution in [0.15, 0.2) is 24.3 Å². The van der Waals surface area contributed by atoms with E-state index in [1.54, 1.807) is 12.1 Å². The summed E-state index contributed by atoms with van der Waals surface area (Å²) in [6.45, 7) is 2.87. The van der Waals surface area contributed by atoms with Crippen molar-refractivity contribution >= 4 is 30.4 Å². The third-order valence-electron chi connectivity index (χ3n) is 4.25. The Hall–Kier alpha value is -1.13. The van der Waals surface area contributed by atoms with Crippen LogP contribution in [0.3, 0.4) is 0 Å². The van der Waals surface area contributed by atoms with Crippen molar-refractivity contribution in [3.05, 3.63) is 35.4 Å². The number of rotatable bonds is 14. The van der Waals surface area contributed by atoms with Gasteiger partial charge in [-0.25, -0.2) is 0 Å². The van der Waals surface area contributed by atoms with Gasteiger partial charge in [0.1, 0.15) is 0 Å². The van der Waals surface area contributed by atoms with Crippen LogP contribution < -0.4 is 0 Å². The Morgan fingerprint density at radius 3 is 1.43 bits per heavy atom. The summed E-state index contributed by atoms with van der Waals surface area (Å²) < 4.78 is 92.8. The molecule has 0 fully saturated rings. The summed E-state index contributed by atoms with van der Waals surface area (Å²) in [6.07, 6.45) is 0. The Labute approximate surface area is 177 Å². The van der Waals surface area contributed by atoms with Gasteiger partial charge in [-0.15, -0.1) is 0 Å². The minimum Gasteiger partial charge on any atom is -0.298 e. The first-order chi connectivity index (χ1) is 13.7. The molecule has 0 saturated heterocycles. The summed E-state index contributed by atoms with van der Waals surface area (Å²) in [5.41, 5.74) is 1.58. The lowest BCUT2D eigenvalue weighted by atomic mass is 10.1. The molecular weight excluding hydrogens is 460 g/mol. The van der Waals surface area contributed by atoms with Crippen LogP contribution in [0.1, 0.15) is 18.1 Å². The molecule has 174 valence electrons. The Bertz CT molecular complexity index is 957. The van der Waals surface area contributed by atoms with Crippen molar-refractivity contribution in [2.75, 3.05) is 43.4 Å². The van der Waals surface area contributed by atoms with Crippen molar-refractivity contribution in [2.24, 2.45) is 0 Å². The number of benzene rings is 1. The predicted octanol–water partition coefficient (Wildman–Crippen LogP) is -0.0261. The van der Waals surface area contributed by atoms with Gasteiger partial charge in [0.2, 0.25) is 0 Å². The SMILES string of the molecule is CCN(CCS(=O)(=O)O)Cc1cccc(CN(CCS(=O)(=O)O)CCS(=O)(=O)O)c1. The highest BCUT2D eigenvalue weighted by molar-refractivity contribution is 7.86. The topological polar surface area (TPSA) is 170 Å². The van der Waals surface area contributed by atoms with Crippen LogP contribution >= 0.6 is 0 Å². The first-order valence-corrected chi connectivity index (χ1v) is 13.9. The van der Waals surface area contributed by atoms with Gasteiger partial charge < -0.3 is 0 Å². The van der Waals surface area contributed by atoms with E-state index in [9.17, 15) is 25.3 Å². The van der Waals surface area contributed by atoms with Crippen LogP contribution in [-0.4, -0.2) is 92.1 Å². The highest BCUT2D eigenvalue weighted by atomic mass is 32.2. The lowest BCUT2D eigenvalue weighted by molar-refractivity contribution is 0.288. The van der Waals surface area contributed by atoms with Crippen LogP contribution in [0.25, 0.3) is 0 Å². The normalized spacial score (nSPS) is 13.3. The molecule has 11 nitrogen and oxygen atoms in total. The van der Waals surface area contributed by atoms with Gasteiger partial charge in [0, 0.05) is 32.7 Å². The molecular formula is C16H28N2O9S3. The highest BCUT2D eigenvalue weighted by Gasteiger charge is 2.15. The van der Waals surface area contributed by atoms with E-state index in [-0.39, 0.29) is 31.9 Å². The van der Waals surface area contributed by atoms with Gasteiger partial charge in [-0.2, -0.15) is 25.3 Å². The fourth-order valence-corrected chi connectivity index (χ4v) is 4.16. The maximum atomic E-state index is 11.0. The third-order valence-corrected chi connectivity index (χ3v) is 6.34. The minimum absolute atomic E-state index is 0.131. The smallest absolute Gasteiger partial charge is 0.266 e. The Morgan fingerprint density at radius 2 is 1.07 bits per heavy atom. The molecule has 30 heavy (non-hydrogen) atoms. The first kappa shape index (κ1) is 26.9. The zero-order valence-corrected chi connectivity index (χ0v) is 19.0. The molecule has 0 aliphatic rings. The summed E-state index contributed by atoms with van der Waals surface area (Å²) in [4.78, 5) is 3.30. The molecule has 3 N–H and O–H groups in total. The molecule has 1 rings (SSSR count). The maximum Gasteiger partial charge on any atom is 0.266 e. The van der Waals surface area contributed by atoms with Gasteiger partial charge in [-0.1, -0.05) is 31.2 Å². The van der Waals surface area contributed by atoms with Crippen molar-refractivity contribution in [2.45, 2.75) is 20.0 Å². The second kappa shape index (κ2) is 11.5. The quantitative estimate of drug-likeness (QED) is 0.301. The van der Waals surface area contributed by atoms with Crippen LogP contribution in [0.2, 0.25) is 0 Å². The number of hydrogen-bond donors (Lipinski definition) is 3. The van der Waals surface area contributed by atoms with Crippen molar-refractivity contribution < 1.29 is 38.9 Å². The maximum absolute atomic E-state index is 11.0. The van der Waals surface area contributed by atoms with Crippen LogP contribution in [0, 0.1) is 0 Å². The van der Waals surface area contributed by atoms with Crippen molar-refractivity contribution in [3.8, 4) is 0 Å². The van der Waals surface area contributed by atoms with E-state index >= 15 is 0 Å². The zero-order valence-electron chi connectivity index (χ0n) is 16.6. The van der Waals surface area contributed by atoms with Crippen LogP contribution in [0.5, 0.6) is 0 Å². The Kier molecular flexibility index (Phi) is 10.3. The van der Waals surface area contributed by atoms with Gasteiger partial charge >= 0.3 is 0 Å². The van der Waals surface area contributed by atoms with Crippen LogP contribution in [-0.2, 0) is 43.4 Å². The van der Waals surface area contributed by atoms with E-state index in [4.69, 9.17) is 13.7 Å². The van der Waals surface area contributed by atoms with E-state index in [0.29, 0.717) is 13.1 Å². The second-order valence-electron chi connectivity index (χ2n) is 6.82. The first-order valence-electron chi connectivity index (χ1n) is 9.05. The van der Waals surface area contributed by atoms with E-state index in [0.717, 1.165) is 11.1 Å². The van der Waals surface area contributed by atoms with Crippen molar-refractivity contribution in [1.82, 2.24) is 9.80 Å². The summed E-state index contributed by atoms with van der Waals surface area (Å²) in [6, 6.07) is 7.14. The fraction of sp³-hybridized carbons (Fsp3) is 0.625. The molecule has 0 bridgehead atoms. The lowest BCUT2D eigenvalue weighted by Gasteiger charge is -2.23. The Morgan fingerprint density at radius 1 is 0.700 bits per heavy atom. The largest absolute Gasteiger partial charge is 0.298 e. The standard InChI is InChI=1S/C16H28N2O9S3/c1-2-17(6-9-28(19,20)21)13-15-4-3-5-16(12-15)14-18(7-10-29(22,23)24)8-11-30(25,26)27/h3-5,12H,2,6-11,13-14H2,1H3,(H,19,20,21)(H,22,23,24)(H,25,26,27). The lowest BCUT2D eigenvalue weighted by Crippen LogP contribution is -2.33. The summed E-state index contributed by atoms with van der Waals surface area (Å²) in [5.74, 6) is -1.56. The Balaban J connectivity index is 2.86. The van der Waals surface area contributed by atoms with Gasteiger partial charge in [0.05, 0.1) is 17.3 Å². The molecule has 1 aromatic rings. The predicted molar refractivity (Wildman–Crippen MR) is 112 cm³/mol. The van der Waals surface area contributed by atoms with E-state index in [1.165, 1.54) is 4.90 Å². The highest BCUT2D eigenvalue weighted by Crippen LogP contribution is 2.12. The molecule has 1 aromatic carbocycles. The average molecular weight is 489 g/mol. The second-order valence-corrected chi connectivity index (χ2v) is 11.5. The van der Waals surface area contributed by atoms with E-state index in [1.807, 2.05) is 24.0 Å². The molecule has 0 aliphatic carbocycles. The number of hydrogen-bond acceptors (Lipinski definition) is 8. The molecule has 0 aromatic heterocycles. The summed E-state index contributed by atoms with van der Waals surface area (Å²) in [5, 5.41) is 0. The van der Waals surface area contributed by atoms with Gasteiger partial charge in [-0.05, 0) is 17.7 Å². The summed E-state index contributed by atoms with van der Waals surface area (Å²) >= 11 is 0. The molecule has 0 unspecified atom stereocenters. The van der Waals surface area contributed by atoms with Gasteiger partial charge in [-0.3, -0.25) is 23.5 Å². The number of nitrogens with zero attached hydrogens (tertiary/aromatic N) is 2. The minimum atomic E-state index is -4.24. The monoisotopic (exact) mass is 488 g/mol. The van der Waals surface area contributed by atoms with Gasteiger partial charge in [0.25, 0.3) is 30.4 Å². The van der Waals surface area contributed by atoms with Crippen LogP contribution in [0.4, 0.5) is 0 Å². The third kappa shape index (κ3) is 13.2. The van der Waals surface area contributed by atoms with E-state index < -0.39 is 41.9 Å². The van der Waals surface area contributed by atoms with Crippen molar-refractivity contribution in [3.63, 3.8) is 0 Å². The fourth-order valence-electron chi connectivity index (χ4n) is 2.70.